The average molecular weight is 504 g/mol. The van der Waals surface area contributed by atoms with Gasteiger partial charge in [-0.2, -0.15) is 0 Å². The van der Waals surface area contributed by atoms with Crippen LogP contribution >= 0.6 is 11.8 Å². The molecule has 0 bridgehead atoms. The van der Waals surface area contributed by atoms with Crippen molar-refractivity contribution in [2.45, 2.75) is 30.2 Å². The van der Waals surface area contributed by atoms with E-state index in [0.717, 1.165) is 36.6 Å². The number of carbonyl (C=O) groups is 1. The van der Waals surface area contributed by atoms with Crippen molar-refractivity contribution in [3.63, 3.8) is 0 Å². The Morgan fingerprint density at radius 1 is 1.22 bits per heavy atom. The van der Waals surface area contributed by atoms with Gasteiger partial charge in [0.05, 0.1) is 16.0 Å². The molecule has 1 saturated heterocycles. The van der Waals surface area contributed by atoms with Crippen molar-refractivity contribution in [2.75, 3.05) is 26.4 Å². The maximum atomic E-state index is 15.1. The van der Waals surface area contributed by atoms with Crippen molar-refractivity contribution in [1.82, 2.24) is 14.8 Å². The molecule has 1 unspecified atom stereocenters. The molecule has 6 nitrogen and oxygen atoms in total. The van der Waals surface area contributed by atoms with E-state index in [1.807, 2.05) is 36.4 Å². The van der Waals surface area contributed by atoms with Gasteiger partial charge in [0.1, 0.15) is 16.9 Å². The number of hydrogen-bond donors (Lipinski definition) is 1. The average Bonchev–Trinajstić information content (AvgIpc) is 3.28. The van der Waals surface area contributed by atoms with Crippen molar-refractivity contribution in [1.29, 1.82) is 0 Å². The topological polar surface area (TPSA) is 63.6 Å². The molecule has 0 spiro atoms. The smallest absolute Gasteiger partial charge is 0.256 e. The van der Waals surface area contributed by atoms with Gasteiger partial charge in [-0.3, -0.25) is 9.59 Å². The van der Waals surface area contributed by atoms with Crippen LogP contribution in [0.5, 0.6) is 11.5 Å². The number of carbonyl (C=O) groups excluding carboxylic acids is 1. The molecule has 2 aliphatic heterocycles. The van der Waals surface area contributed by atoms with Gasteiger partial charge in [-0.05, 0) is 68.1 Å². The molecule has 1 atom stereocenters. The Bertz CT molecular complexity index is 1600. The highest BCUT2D eigenvalue weighted by molar-refractivity contribution is 7.98. The quantitative estimate of drug-likeness (QED) is 0.329. The number of aromatic nitrogens is 1. The monoisotopic (exact) mass is 503 g/mol. The van der Waals surface area contributed by atoms with E-state index in [1.54, 1.807) is 17.0 Å². The zero-order valence-corrected chi connectivity index (χ0v) is 21.0. The number of likely N-dealkylation sites (tertiary alicyclic amines) is 1. The van der Waals surface area contributed by atoms with Crippen LogP contribution in [0, 0.1) is 5.82 Å². The minimum Gasteiger partial charge on any atom is -0.452 e. The Kier molecular flexibility index (Phi) is 5.73. The molecular weight excluding hydrogens is 477 g/mol. The van der Waals surface area contributed by atoms with Crippen LogP contribution < -0.4 is 15.5 Å². The molecule has 4 aromatic rings. The van der Waals surface area contributed by atoms with Crippen molar-refractivity contribution in [3.05, 3.63) is 70.3 Å². The van der Waals surface area contributed by atoms with Gasteiger partial charge in [-0.1, -0.05) is 24.3 Å². The molecule has 0 radical (unpaired) electrons. The lowest BCUT2D eigenvalue weighted by atomic mass is 10.0. The van der Waals surface area contributed by atoms with Crippen molar-refractivity contribution < 1.29 is 13.9 Å². The second kappa shape index (κ2) is 8.94. The normalized spacial score (nSPS) is 16.8. The molecule has 0 saturated carbocycles. The molecule has 3 heterocycles. The summed E-state index contributed by atoms with van der Waals surface area (Å²) in [5.74, 6) is -0.146. The van der Waals surface area contributed by atoms with Crippen LogP contribution in [-0.2, 0) is 0 Å². The van der Waals surface area contributed by atoms with Crippen LogP contribution in [0.4, 0.5) is 4.39 Å². The van der Waals surface area contributed by atoms with E-state index >= 15 is 4.39 Å². The lowest BCUT2D eigenvalue weighted by Gasteiger charge is -2.26. The predicted molar refractivity (Wildman–Crippen MR) is 141 cm³/mol. The molecule has 6 rings (SSSR count). The minimum atomic E-state index is -0.542. The molecule has 36 heavy (non-hydrogen) atoms. The van der Waals surface area contributed by atoms with E-state index in [9.17, 15) is 9.59 Å². The first kappa shape index (κ1) is 23.1. The second-order valence-corrected chi connectivity index (χ2v) is 10.3. The fourth-order valence-electron chi connectivity index (χ4n) is 5.42. The van der Waals surface area contributed by atoms with E-state index in [2.05, 4.69) is 17.3 Å². The summed E-state index contributed by atoms with van der Waals surface area (Å²) in [5, 5.41) is 5.02. The van der Waals surface area contributed by atoms with E-state index in [4.69, 9.17) is 4.74 Å². The van der Waals surface area contributed by atoms with Gasteiger partial charge in [-0.15, -0.1) is 11.8 Å². The summed E-state index contributed by atoms with van der Waals surface area (Å²) in [6.45, 7) is 1.54. The maximum absolute atomic E-state index is 15.1. The Labute approximate surface area is 212 Å². The molecule has 0 aliphatic carbocycles. The lowest BCUT2D eigenvalue weighted by molar-refractivity contribution is 0.0949. The summed E-state index contributed by atoms with van der Waals surface area (Å²) in [6.07, 6.45) is 6.43. The van der Waals surface area contributed by atoms with Crippen LogP contribution in [-0.4, -0.2) is 47.8 Å². The highest BCUT2D eigenvalue weighted by Crippen LogP contribution is 2.46. The second-order valence-electron chi connectivity index (χ2n) is 9.45. The molecule has 2 aliphatic rings. The summed E-state index contributed by atoms with van der Waals surface area (Å²) in [6, 6.07) is 13.4. The third kappa shape index (κ3) is 3.67. The van der Waals surface area contributed by atoms with Gasteiger partial charge in [0.25, 0.3) is 5.91 Å². The highest BCUT2D eigenvalue weighted by Gasteiger charge is 2.29. The van der Waals surface area contributed by atoms with Crippen molar-refractivity contribution >= 4 is 39.3 Å². The molecule has 1 N–H and O–H groups in total. The molecule has 1 fully saturated rings. The van der Waals surface area contributed by atoms with Gasteiger partial charge in [0, 0.05) is 18.8 Å². The fraction of sp³-hybridized carbons (Fsp3) is 0.286. The summed E-state index contributed by atoms with van der Waals surface area (Å²) < 4.78 is 23.1. The van der Waals surface area contributed by atoms with Crippen molar-refractivity contribution in [2.24, 2.45) is 0 Å². The number of nitrogens with one attached hydrogen (secondary N) is 1. The lowest BCUT2D eigenvalue weighted by Crippen LogP contribution is -2.34. The molecule has 8 heteroatoms. The van der Waals surface area contributed by atoms with Crippen LogP contribution in [0.15, 0.2) is 58.4 Å². The first-order chi connectivity index (χ1) is 17.5. The largest absolute Gasteiger partial charge is 0.452 e. The van der Waals surface area contributed by atoms with Gasteiger partial charge < -0.3 is 19.5 Å². The highest BCUT2D eigenvalue weighted by atomic mass is 32.2. The number of ether oxygens (including phenoxy) is 1. The number of nitrogens with zero attached hydrogens (tertiary/aromatic N) is 2. The zero-order chi connectivity index (χ0) is 25.0. The Hall–Kier alpha value is -3.36. The summed E-state index contributed by atoms with van der Waals surface area (Å²) in [4.78, 5) is 29.3. The van der Waals surface area contributed by atoms with E-state index in [0.29, 0.717) is 40.2 Å². The van der Waals surface area contributed by atoms with Gasteiger partial charge >= 0.3 is 0 Å². The SMILES string of the molecule is CSc1c(F)cc2c(=O)c(C(=O)NCCC3CCCN3C)cn3c2c1Oc1cc2ccccc2cc1-3. The number of pyridine rings is 1. The van der Waals surface area contributed by atoms with Crippen molar-refractivity contribution in [3.8, 4) is 17.2 Å². The zero-order valence-electron chi connectivity index (χ0n) is 20.1. The van der Waals surface area contributed by atoms with E-state index in [1.165, 1.54) is 17.8 Å². The van der Waals surface area contributed by atoms with Crippen LogP contribution in [0.25, 0.3) is 27.4 Å². The number of rotatable bonds is 5. The third-order valence-corrected chi connectivity index (χ3v) is 8.12. The molecule has 3 aromatic carbocycles. The summed E-state index contributed by atoms with van der Waals surface area (Å²) >= 11 is 1.22. The Morgan fingerprint density at radius 2 is 2.00 bits per heavy atom. The number of halogens is 1. The predicted octanol–water partition coefficient (Wildman–Crippen LogP) is 5.32. The van der Waals surface area contributed by atoms with Crippen LogP contribution in [0.3, 0.4) is 0 Å². The summed E-state index contributed by atoms with van der Waals surface area (Å²) in [7, 11) is 2.10. The fourth-order valence-corrected chi connectivity index (χ4v) is 6.00. The molecule has 184 valence electrons. The number of benzene rings is 3. The van der Waals surface area contributed by atoms with Gasteiger partial charge in [0.15, 0.2) is 11.5 Å². The van der Waals surface area contributed by atoms with Gasteiger partial charge in [0.2, 0.25) is 5.43 Å². The van der Waals surface area contributed by atoms with Crippen LogP contribution in [0.1, 0.15) is 29.6 Å². The Balaban J connectivity index is 1.48. The number of fused-ring (bicyclic) bond motifs is 3. The maximum Gasteiger partial charge on any atom is 0.256 e. The molecule has 1 amide bonds. The van der Waals surface area contributed by atoms with Crippen LogP contribution in [0.2, 0.25) is 0 Å². The third-order valence-electron chi connectivity index (χ3n) is 7.33. The number of thioether (sulfide) groups is 1. The number of amides is 1. The molecular formula is C28H26FN3O3S. The van der Waals surface area contributed by atoms with E-state index < -0.39 is 17.2 Å². The minimum absolute atomic E-state index is 0.00876. The first-order valence-corrected chi connectivity index (χ1v) is 13.3. The number of hydrogen-bond acceptors (Lipinski definition) is 5. The summed E-state index contributed by atoms with van der Waals surface area (Å²) in [5.41, 5.74) is 0.659. The van der Waals surface area contributed by atoms with Gasteiger partial charge in [-0.25, -0.2) is 4.39 Å². The molecule has 1 aromatic heterocycles. The first-order valence-electron chi connectivity index (χ1n) is 12.1. The Morgan fingerprint density at radius 3 is 2.72 bits per heavy atom. The van der Waals surface area contributed by atoms with E-state index in [-0.39, 0.29) is 10.9 Å². The standard InChI is InChI=1S/C28H26FN3O3S/c1-31-11-5-8-18(31)9-10-30-28(34)20-15-32-22-12-16-6-3-4-7-17(16)13-23(22)35-26-24(32)19(25(20)33)14-21(29)27(26)36-2/h3-4,6-7,12-15,18H,5,8-11H2,1-2H3,(H,30,34).